The minimum Gasteiger partial charge on any atom is -0.425 e. The minimum absolute atomic E-state index is 0.126. The predicted molar refractivity (Wildman–Crippen MR) is 138 cm³/mol. The highest BCUT2D eigenvalue weighted by atomic mass is 19.3. The topological polar surface area (TPSA) is 9.23 Å². The SMILES string of the molecule is CCCCCCc1ccc2c(c1F)OC(F)(F)c1cc(C3CCC(CCCCCC)CC3)ccc1-2. The second-order valence-electron chi connectivity index (χ2n) is 10.7. The molecular formula is C31H41F3O. The first-order valence-electron chi connectivity index (χ1n) is 14.0. The smallest absolute Gasteiger partial charge is 0.425 e. The summed E-state index contributed by atoms with van der Waals surface area (Å²) in [6, 6.07) is 8.86. The number of fused-ring (bicyclic) bond motifs is 3. The van der Waals surface area contributed by atoms with Gasteiger partial charge in [0.25, 0.3) is 0 Å². The normalized spacial score (nSPS) is 20.7. The molecule has 0 aromatic heterocycles. The lowest BCUT2D eigenvalue weighted by Gasteiger charge is -2.32. The molecule has 0 atom stereocenters. The van der Waals surface area contributed by atoms with Crippen LogP contribution in [0.15, 0.2) is 30.3 Å². The van der Waals surface area contributed by atoms with Crippen molar-refractivity contribution in [3.63, 3.8) is 0 Å². The van der Waals surface area contributed by atoms with E-state index in [-0.39, 0.29) is 11.3 Å². The summed E-state index contributed by atoms with van der Waals surface area (Å²) in [6.45, 7) is 4.36. The number of alkyl halides is 2. The van der Waals surface area contributed by atoms with Gasteiger partial charge in [0.05, 0.1) is 5.56 Å². The number of aryl methyl sites for hydroxylation is 1. The molecule has 35 heavy (non-hydrogen) atoms. The number of ether oxygens (including phenoxy) is 1. The largest absolute Gasteiger partial charge is 0.427 e. The van der Waals surface area contributed by atoms with Gasteiger partial charge in [0.2, 0.25) is 0 Å². The molecule has 1 heterocycles. The van der Waals surface area contributed by atoms with Gasteiger partial charge in [-0.3, -0.25) is 0 Å². The molecular weight excluding hydrogens is 445 g/mol. The van der Waals surface area contributed by atoms with E-state index in [0.29, 0.717) is 29.0 Å². The van der Waals surface area contributed by atoms with Crippen LogP contribution in [0.2, 0.25) is 0 Å². The first-order valence-corrected chi connectivity index (χ1v) is 14.0. The summed E-state index contributed by atoms with van der Waals surface area (Å²) in [7, 11) is 0. The van der Waals surface area contributed by atoms with Crippen molar-refractivity contribution in [1.29, 1.82) is 0 Å². The van der Waals surface area contributed by atoms with Crippen LogP contribution in [0.25, 0.3) is 11.1 Å². The zero-order valence-electron chi connectivity index (χ0n) is 21.5. The summed E-state index contributed by atoms with van der Waals surface area (Å²) in [6.07, 6.45) is 12.0. The van der Waals surface area contributed by atoms with Crippen LogP contribution in [0.4, 0.5) is 13.2 Å². The number of benzene rings is 2. The van der Waals surface area contributed by atoms with Crippen molar-refractivity contribution in [3.8, 4) is 16.9 Å². The summed E-state index contributed by atoms with van der Waals surface area (Å²) < 4.78 is 50.6. The summed E-state index contributed by atoms with van der Waals surface area (Å²) in [5, 5.41) is 0. The molecule has 4 heteroatoms. The van der Waals surface area contributed by atoms with Crippen molar-refractivity contribution in [1.82, 2.24) is 0 Å². The summed E-state index contributed by atoms with van der Waals surface area (Å²) in [5.41, 5.74) is 2.12. The van der Waals surface area contributed by atoms with Gasteiger partial charge in [0.15, 0.2) is 11.6 Å². The van der Waals surface area contributed by atoms with Crippen LogP contribution in [-0.4, -0.2) is 0 Å². The molecule has 0 N–H and O–H groups in total. The molecule has 1 aliphatic heterocycles. The molecule has 2 aromatic carbocycles. The molecule has 0 spiro atoms. The Labute approximate surface area is 209 Å². The monoisotopic (exact) mass is 486 g/mol. The van der Waals surface area contributed by atoms with E-state index in [0.717, 1.165) is 50.0 Å². The minimum atomic E-state index is -3.53. The fourth-order valence-electron chi connectivity index (χ4n) is 5.96. The molecule has 0 amide bonds. The van der Waals surface area contributed by atoms with Crippen molar-refractivity contribution < 1.29 is 17.9 Å². The van der Waals surface area contributed by atoms with Gasteiger partial charge in [0.1, 0.15) is 0 Å². The Kier molecular flexibility index (Phi) is 8.83. The zero-order chi connectivity index (χ0) is 24.8. The predicted octanol–water partition coefficient (Wildman–Crippen LogP) is 10.3. The van der Waals surface area contributed by atoms with E-state index in [9.17, 15) is 0 Å². The van der Waals surface area contributed by atoms with Gasteiger partial charge in [-0.05, 0) is 73.1 Å². The maximum atomic E-state index is 15.2. The van der Waals surface area contributed by atoms with Crippen LogP contribution in [-0.2, 0) is 12.5 Å². The molecule has 0 bridgehead atoms. The van der Waals surface area contributed by atoms with Gasteiger partial charge >= 0.3 is 6.11 Å². The third-order valence-corrected chi connectivity index (χ3v) is 8.14. The molecule has 1 aliphatic carbocycles. The van der Waals surface area contributed by atoms with E-state index in [1.165, 1.54) is 44.9 Å². The first-order chi connectivity index (χ1) is 16.9. The number of halogens is 3. The van der Waals surface area contributed by atoms with Crippen LogP contribution >= 0.6 is 0 Å². The van der Waals surface area contributed by atoms with Gasteiger partial charge in [0, 0.05) is 5.56 Å². The standard InChI is InChI=1S/C31H41F3O/c1-3-5-7-9-11-22-13-15-23(16-14-22)25-18-19-26-27-20-17-24(12-10-8-6-4-2)29(32)30(27)35-31(33,34)28(26)21-25/h17-23H,3-16H2,1-2H3. The Morgan fingerprint density at radius 1 is 0.829 bits per heavy atom. The van der Waals surface area contributed by atoms with Crippen molar-refractivity contribution in [2.24, 2.45) is 5.92 Å². The molecule has 4 rings (SSSR count). The fraction of sp³-hybridized carbons (Fsp3) is 0.613. The van der Waals surface area contributed by atoms with Crippen LogP contribution in [0.3, 0.4) is 0 Å². The third-order valence-electron chi connectivity index (χ3n) is 8.14. The van der Waals surface area contributed by atoms with Crippen molar-refractivity contribution in [2.75, 3.05) is 0 Å². The quantitative estimate of drug-likeness (QED) is 0.287. The van der Waals surface area contributed by atoms with Crippen molar-refractivity contribution in [2.45, 2.75) is 116 Å². The number of rotatable bonds is 11. The molecule has 192 valence electrons. The zero-order valence-corrected chi connectivity index (χ0v) is 21.5. The van der Waals surface area contributed by atoms with E-state index in [1.807, 2.05) is 6.07 Å². The van der Waals surface area contributed by atoms with Crippen LogP contribution in [0.1, 0.15) is 120 Å². The third kappa shape index (κ3) is 6.06. The van der Waals surface area contributed by atoms with E-state index in [4.69, 9.17) is 4.74 Å². The average Bonchev–Trinajstić information content (AvgIpc) is 2.86. The maximum absolute atomic E-state index is 15.2. The second kappa shape index (κ2) is 11.8. The lowest BCUT2D eigenvalue weighted by molar-refractivity contribution is -0.188. The number of hydrogen-bond donors (Lipinski definition) is 0. The van der Waals surface area contributed by atoms with E-state index in [1.54, 1.807) is 24.3 Å². The molecule has 2 aromatic rings. The average molecular weight is 487 g/mol. The lowest BCUT2D eigenvalue weighted by Crippen LogP contribution is -2.28. The summed E-state index contributed by atoms with van der Waals surface area (Å²) >= 11 is 0. The molecule has 0 unspecified atom stereocenters. The number of unbranched alkanes of at least 4 members (excludes halogenated alkanes) is 6. The van der Waals surface area contributed by atoms with E-state index in [2.05, 4.69) is 13.8 Å². The molecule has 1 saturated carbocycles. The molecule has 0 radical (unpaired) electrons. The first kappa shape index (κ1) is 26.1. The molecule has 0 saturated heterocycles. The Balaban J connectivity index is 1.48. The van der Waals surface area contributed by atoms with Crippen molar-refractivity contribution in [3.05, 3.63) is 52.8 Å². The van der Waals surface area contributed by atoms with Crippen LogP contribution in [0, 0.1) is 11.7 Å². The number of hydrogen-bond acceptors (Lipinski definition) is 1. The van der Waals surface area contributed by atoms with E-state index >= 15 is 13.2 Å². The lowest BCUT2D eigenvalue weighted by atomic mass is 9.76. The molecule has 1 nitrogen and oxygen atoms in total. The van der Waals surface area contributed by atoms with Crippen LogP contribution in [0.5, 0.6) is 5.75 Å². The Hall–Kier alpha value is -1.97. The highest BCUT2D eigenvalue weighted by Gasteiger charge is 2.44. The van der Waals surface area contributed by atoms with Crippen LogP contribution < -0.4 is 4.74 Å². The molecule has 1 fully saturated rings. The van der Waals surface area contributed by atoms with E-state index < -0.39 is 11.9 Å². The molecule has 2 aliphatic rings. The van der Waals surface area contributed by atoms with Gasteiger partial charge in [-0.15, -0.1) is 0 Å². The van der Waals surface area contributed by atoms with Gasteiger partial charge < -0.3 is 4.74 Å². The van der Waals surface area contributed by atoms with Gasteiger partial charge in [-0.25, -0.2) is 4.39 Å². The Bertz CT molecular complexity index is 975. The highest BCUT2D eigenvalue weighted by molar-refractivity contribution is 5.77. The maximum Gasteiger partial charge on any atom is 0.427 e. The van der Waals surface area contributed by atoms with Gasteiger partial charge in [-0.2, -0.15) is 8.78 Å². The summed E-state index contributed by atoms with van der Waals surface area (Å²) in [5.74, 6) is 0.153. The van der Waals surface area contributed by atoms with Crippen molar-refractivity contribution >= 4 is 0 Å². The van der Waals surface area contributed by atoms with Gasteiger partial charge in [-0.1, -0.05) is 89.5 Å². The second-order valence-corrected chi connectivity index (χ2v) is 10.7. The highest BCUT2D eigenvalue weighted by Crippen LogP contribution is 2.50. The fourth-order valence-corrected chi connectivity index (χ4v) is 5.96. The Morgan fingerprint density at radius 3 is 2.23 bits per heavy atom. The summed E-state index contributed by atoms with van der Waals surface area (Å²) in [4.78, 5) is 0. The Morgan fingerprint density at radius 2 is 1.51 bits per heavy atom.